The molecule has 0 fully saturated rings. The average molecular weight is 264 g/mol. The summed E-state index contributed by atoms with van der Waals surface area (Å²) in [5.41, 5.74) is 2.96. The molecule has 0 aliphatic heterocycles. The van der Waals surface area contributed by atoms with Crippen molar-refractivity contribution >= 4 is 17.4 Å². The van der Waals surface area contributed by atoms with Crippen LogP contribution in [0.3, 0.4) is 0 Å². The van der Waals surface area contributed by atoms with E-state index in [-0.39, 0.29) is 12.2 Å². The zero-order valence-electron chi connectivity index (χ0n) is 10.6. The number of aryl methyl sites for hydroxylation is 3. The smallest absolute Gasteiger partial charge is 0.168 e. The van der Waals surface area contributed by atoms with Crippen LogP contribution in [0.25, 0.3) is 0 Å². The number of carbonyl (C=O) groups excluding carboxylic acids is 1. The second-order valence-electron chi connectivity index (χ2n) is 4.26. The number of carbonyl (C=O) groups is 1. The molecule has 0 radical (unpaired) electrons. The fourth-order valence-corrected chi connectivity index (χ4v) is 2.07. The molecule has 0 aromatic carbocycles. The van der Waals surface area contributed by atoms with E-state index in [0.29, 0.717) is 10.6 Å². The van der Waals surface area contributed by atoms with Gasteiger partial charge in [0.2, 0.25) is 0 Å². The molecule has 0 saturated heterocycles. The number of pyridine rings is 1. The van der Waals surface area contributed by atoms with Gasteiger partial charge in [0.1, 0.15) is 0 Å². The molecular formula is C13H14ClN3O. The minimum Gasteiger partial charge on any atom is -0.294 e. The first kappa shape index (κ1) is 12.8. The Morgan fingerprint density at radius 2 is 2.17 bits per heavy atom. The molecule has 0 spiro atoms. The Balaban J connectivity index is 2.27. The van der Waals surface area contributed by atoms with Crippen molar-refractivity contribution in [3.8, 4) is 0 Å². The van der Waals surface area contributed by atoms with Crippen LogP contribution in [0.2, 0.25) is 5.02 Å². The lowest BCUT2D eigenvalue weighted by molar-refractivity contribution is 0.0990. The van der Waals surface area contributed by atoms with Crippen molar-refractivity contribution < 1.29 is 4.79 Å². The van der Waals surface area contributed by atoms with Crippen LogP contribution in [0.4, 0.5) is 0 Å². The molecular weight excluding hydrogens is 250 g/mol. The maximum absolute atomic E-state index is 12.2. The van der Waals surface area contributed by atoms with E-state index in [2.05, 4.69) is 10.1 Å². The quantitative estimate of drug-likeness (QED) is 0.800. The van der Waals surface area contributed by atoms with Gasteiger partial charge in [0.25, 0.3) is 0 Å². The van der Waals surface area contributed by atoms with Crippen LogP contribution in [-0.4, -0.2) is 20.5 Å². The van der Waals surface area contributed by atoms with E-state index in [0.717, 1.165) is 17.1 Å². The van der Waals surface area contributed by atoms with E-state index in [1.807, 2.05) is 13.8 Å². The van der Waals surface area contributed by atoms with Gasteiger partial charge in [-0.1, -0.05) is 11.6 Å². The van der Waals surface area contributed by atoms with Crippen LogP contribution < -0.4 is 0 Å². The van der Waals surface area contributed by atoms with Crippen molar-refractivity contribution in [2.75, 3.05) is 0 Å². The lowest BCUT2D eigenvalue weighted by Crippen LogP contribution is -2.08. The highest BCUT2D eigenvalue weighted by Gasteiger charge is 2.16. The van der Waals surface area contributed by atoms with Gasteiger partial charge in [-0.05, 0) is 26.0 Å². The molecule has 0 bridgehead atoms. The van der Waals surface area contributed by atoms with E-state index in [1.54, 1.807) is 30.1 Å². The van der Waals surface area contributed by atoms with E-state index < -0.39 is 0 Å². The Morgan fingerprint density at radius 1 is 1.44 bits per heavy atom. The third-order valence-electron chi connectivity index (χ3n) is 2.81. The predicted octanol–water partition coefficient (Wildman–Crippen LogP) is 2.51. The zero-order valence-corrected chi connectivity index (χ0v) is 11.3. The van der Waals surface area contributed by atoms with Crippen LogP contribution in [0.15, 0.2) is 18.3 Å². The molecule has 2 aromatic rings. The number of aromatic nitrogens is 3. The minimum atomic E-state index is 0.0189. The fraction of sp³-hybridized carbons (Fsp3) is 0.308. The molecule has 0 saturated carbocycles. The summed E-state index contributed by atoms with van der Waals surface area (Å²) in [5, 5.41) is 4.76. The largest absolute Gasteiger partial charge is 0.294 e. The highest BCUT2D eigenvalue weighted by atomic mass is 35.5. The van der Waals surface area contributed by atoms with Crippen molar-refractivity contribution in [3.05, 3.63) is 46.0 Å². The molecule has 0 atom stereocenters. The summed E-state index contributed by atoms with van der Waals surface area (Å²) < 4.78 is 1.66. The molecule has 0 amide bonds. The van der Waals surface area contributed by atoms with E-state index >= 15 is 0 Å². The molecule has 2 aromatic heterocycles. The summed E-state index contributed by atoms with van der Waals surface area (Å²) in [4.78, 5) is 16.2. The summed E-state index contributed by atoms with van der Waals surface area (Å²) in [6.45, 7) is 3.69. The highest BCUT2D eigenvalue weighted by Crippen LogP contribution is 2.21. The SMILES string of the molecule is Cc1cc(C(=O)Cc2c(Cl)c(C)nn2C)ccn1. The van der Waals surface area contributed by atoms with Crippen LogP contribution >= 0.6 is 11.6 Å². The van der Waals surface area contributed by atoms with Crippen LogP contribution in [-0.2, 0) is 13.5 Å². The molecule has 0 N–H and O–H groups in total. The number of Topliss-reactive ketones (excluding diaryl/α,β-unsaturated/α-hetero) is 1. The molecule has 4 nitrogen and oxygen atoms in total. The molecule has 5 heteroatoms. The van der Waals surface area contributed by atoms with E-state index in [9.17, 15) is 4.79 Å². The third-order valence-corrected chi connectivity index (χ3v) is 3.30. The lowest BCUT2D eigenvalue weighted by atomic mass is 10.1. The Hall–Kier alpha value is -1.68. The molecule has 0 aliphatic rings. The summed E-state index contributed by atoms with van der Waals surface area (Å²) in [6.07, 6.45) is 1.89. The standard InChI is InChI=1S/C13H14ClN3O/c1-8-6-10(4-5-15-8)12(18)7-11-13(14)9(2)16-17(11)3/h4-6H,7H2,1-3H3. The topological polar surface area (TPSA) is 47.8 Å². The summed E-state index contributed by atoms with van der Waals surface area (Å²) in [7, 11) is 1.79. The maximum atomic E-state index is 12.2. The van der Waals surface area contributed by atoms with Gasteiger partial charge in [-0.2, -0.15) is 5.10 Å². The van der Waals surface area contributed by atoms with E-state index in [1.165, 1.54) is 0 Å². The molecule has 0 aliphatic carbocycles. The van der Waals surface area contributed by atoms with Crippen molar-refractivity contribution in [2.45, 2.75) is 20.3 Å². The van der Waals surface area contributed by atoms with Gasteiger partial charge in [0.05, 0.1) is 22.8 Å². The third kappa shape index (κ3) is 2.43. The average Bonchev–Trinajstić information content (AvgIpc) is 2.56. The first-order valence-electron chi connectivity index (χ1n) is 5.63. The van der Waals surface area contributed by atoms with Gasteiger partial charge in [0.15, 0.2) is 5.78 Å². The first-order valence-corrected chi connectivity index (χ1v) is 6.00. The molecule has 94 valence electrons. The zero-order chi connectivity index (χ0) is 13.3. The number of nitrogens with zero attached hydrogens (tertiary/aromatic N) is 3. The van der Waals surface area contributed by atoms with Gasteiger partial charge in [-0.15, -0.1) is 0 Å². The Bertz CT molecular complexity index is 604. The van der Waals surface area contributed by atoms with Crippen molar-refractivity contribution in [1.82, 2.24) is 14.8 Å². The fourth-order valence-electron chi connectivity index (χ4n) is 1.85. The van der Waals surface area contributed by atoms with Gasteiger partial charge in [0, 0.05) is 24.5 Å². The van der Waals surface area contributed by atoms with Crippen LogP contribution in [0.1, 0.15) is 27.4 Å². The molecule has 2 rings (SSSR count). The van der Waals surface area contributed by atoms with Gasteiger partial charge < -0.3 is 0 Å². The summed E-state index contributed by atoms with van der Waals surface area (Å²) in [6, 6.07) is 3.49. The van der Waals surface area contributed by atoms with Crippen molar-refractivity contribution in [3.63, 3.8) is 0 Å². The normalized spacial score (nSPS) is 10.7. The Morgan fingerprint density at radius 3 is 2.72 bits per heavy atom. The van der Waals surface area contributed by atoms with Crippen LogP contribution in [0.5, 0.6) is 0 Å². The van der Waals surface area contributed by atoms with Crippen LogP contribution in [0, 0.1) is 13.8 Å². The number of rotatable bonds is 3. The summed E-state index contributed by atoms with van der Waals surface area (Å²) in [5.74, 6) is 0.0189. The first-order chi connectivity index (χ1) is 8.49. The predicted molar refractivity (Wildman–Crippen MR) is 70.0 cm³/mol. The second-order valence-corrected chi connectivity index (χ2v) is 4.63. The van der Waals surface area contributed by atoms with E-state index in [4.69, 9.17) is 11.6 Å². The number of ketones is 1. The number of hydrogen-bond donors (Lipinski definition) is 0. The Kier molecular flexibility index (Phi) is 3.48. The molecule has 0 unspecified atom stereocenters. The maximum Gasteiger partial charge on any atom is 0.168 e. The number of hydrogen-bond acceptors (Lipinski definition) is 3. The monoisotopic (exact) mass is 263 g/mol. The lowest BCUT2D eigenvalue weighted by Gasteiger charge is -2.03. The minimum absolute atomic E-state index is 0.0189. The summed E-state index contributed by atoms with van der Waals surface area (Å²) >= 11 is 6.13. The van der Waals surface area contributed by atoms with Gasteiger partial charge in [-0.25, -0.2) is 0 Å². The van der Waals surface area contributed by atoms with Crippen molar-refractivity contribution in [2.24, 2.45) is 7.05 Å². The second kappa shape index (κ2) is 4.90. The van der Waals surface area contributed by atoms with Gasteiger partial charge in [-0.3, -0.25) is 14.5 Å². The Labute approximate surface area is 111 Å². The van der Waals surface area contributed by atoms with Crippen molar-refractivity contribution in [1.29, 1.82) is 0 Å². The molecule has 2 heterocycles. The highest BCUT2D eigenvalue weighted by molar-refractivity contribution is 6.32. The number of halogens is 1. The van der Waals surface area contributed by atoms with Gasteiger partial charge >= 0.3 is 0 Å². The molecule has 18 heavy (non-hydrogen) atoms.